The van der Waals surface area contributed by atoms with E-state index in [0.29, 0.717) is 19.1 Å². The van der Waals surface area contributed by atoms with Crippen LogP contribution in [-0.4, -0.2) is 36.1 Å². The minimum atomic E-state index is -0.0343. The van der Waals surface area contributed by atoms with Crippen molar-refractivity contribution in [1.82, 2.24) is 30.1 Å². The second-order valence-corrected chi connectivity index (χ2v) is 10.6. The van der Waals surface area contributed by atoms with Crippen molar-refractivity contribution in [1.29, 1.82) is 0 Å². The highest BCUT2D eigenvalue weighted by Gasteiger charge is 2.35. The Hall–Kier alpha value is -3.26. The number of aromatic amines is 1. The number of benzene rings is 1. The zero-order chi connectivity index (χ0) is 25.2. The topological polar surface area (TPSA) is 92.8 Å². The Morgan fingerprint density at radius 1 is 1.14 bits per heavy atom. The first kappa shape index (κ1) is 24.4. The monoisotopic (exact) mass is 488 g/mol. The Labute approximate surface area is 211 Å². The molecule has 190 valence electrons. The summed E-state index contributed by atoms with van der Waals surface area (Å²) in [4.78, 5) is 18.9. The van der Waals surface area contributed by atoms with E-state index < -0.39 is 0 Å². The number of pyridine rings is 1. The number of hydrogen-bond donors (Lipinski definition) is 1. The van der Waals surface area contributed by atoms with Crippen molar-refractivity contribution in [3.8, 4) is 0 Å². The van der Waals surface area contributed by atoms with Crippen LogP contribution in [0.1, 0.15) is 80.3 Å². The molecule has 1 aliphatic carbocycles. The van der Waals surface area contributed by atoms with Gasteiger partial charge in [-0.25, -0.2) is 4.68 Å². The van der Waals surface area contributed by atoms with Gasteiger partial charge in [-0.3, -0.25) is 9.69 Å². The van der Waals surface area contributed by atoms with Crippen molar-refractivity contribution < 1.29 is 4.42 Å². The Balaban J connectivity index is 1.55. The van der Waals surface area contributed by atoms with Gasteiger partial charge in [0.1, 0.15) is 12.3 Å². The average Bonchev–Trinajstić information content (AvgIpc) is 3.53. The number of aromatic nitrogens is 5. The molecule has 5 rings (SSSR count). The normalized spacial score (nSPS) is 15.8. The van der Waals surface area contributed by atoms with Crippen LogP contribution in [0.15, 0.2) is 45.8 Å². The van der Waals surface area contributed by atoms with Crippen LogP contribution in [0.2, 0.25) is 0 Å². The average molecular weight is 489 g/mol. The Bertz CT molecular complexity index is 1360. The third kappa shape index (κ3) is 5.00. The van der Waals surface area contributed by atoms with Crippen molar-refractivity contribution >= 4 is 10.9 Å². The summed E-state index contributed by atoms with van der Waals surface area (Å²) in [6.45, 7) is 9.64. The zero-order valence-corrected chi connectivity index (χ0v) is 21.7. The molecule has 1 aliphatic rings. The van der Waals surface area contributed by atoms with Crippen molar-refractivity contribution in [2.24, 2.45) is 5.92 Å². The smallest absolute Gasteiger partial charge is 0.252 e. The van der Waals surface area contributed by atoms with Gasteiger partial charge in [-0.15, -0.1) is 5.10 Å². The lowest BCUT2D eigenvalue weighted by Crippen LogP contribution is -2.43. The summed E-state index contributed by atoms with van der Waals surface area (Å²) in [7, 11) is 0. The molecule has 1 aromatic carbocycles. The first-order valence-electron chi connectivity index (χ1n) is 13.1. The van der Waals surface area contributed by atoms with Gasteiger partial charge < -0.3 is 9.40 Å². The van der Waals surface area contributed by atoms with E-state index in [0.717, 1.165) is 40.9 Å². The van der Waals surface area contributed by atoms with Gasteiger partial charge in [0, 0.05) is 23.7 Å². The molecule has 8 heteroatoms. The molecule has 36 heavy (non-hydrogen) atoms. The maximum Gasteiger partial charge on any atom is 0.252 e. The highest BCUT2D eigenvalue weighted by molar-refractivity contribution is 5.80. The number of nitrogens with zero attached hydrogens (tertiary/aromatic N) is 5. The maximum absolute atomic E-state index is 13.3. The second-order valence-electron chi connectivity index (χ2n) is 10.6. The van der Waals surface area contributed by atoms with Crippen molar-refractivity contribution in [3.05, 3.63) is 75.2 Å². The lowest BCUT2D eigenvalue weighted by atomic mass is 9.90. The summed E-state index contributed by atoms with van der Waals surface area (Å²) in [5.74, 6) is 1.88. The Kier molecular flexibility index (Phi) is 7.05. The molecular weight excluding hydrogens is 452 g/mol. The molecule has 1 fully saturated rings. The number of fused-ring (bicyclic) bond motifs is 1. The summed E-state index contributed by atoms with van der Waals surface area (Å²) in [6, 6.07) is 10.4. The molecule has 8 nitrogen and oxygen atoms in total. The summed E-state index contributed by atoms with van der Waals surface area (Å²) in [5, 5.41) is 13.9. The minimum Gasteiger partial charge on any atom is -0.467 e. The van der Waals surface area contributed by atoms with E-state index in [4.69, 9.17) is 4.42 Å². The quantitative estimate of drug-likeness (QED) is 0.362. The number of furan rings is 1. The van der Waals surface area contributed by atoms with E-state index in [1.807, 2.05) is 16.8 Å². The molecule has 0 amide bonds. The van der Waals surface area contributed by atoms with Gasteiger partial charge in [0.2, 0.25) is 0 Å². The van der Waals surface area contributed by atoms with Crippen molar-refractivity contribution in [2.45, 2.75) is 85.0 Å². The molecular formula is C28H36N6O2. The first-order valence-corrected chi connectivity index (χ1v) is 13.1. The highest BCUT2D eigenvalue weighted by Crippen LogP contribution is 2.35. The van der Waals surface area contributed by atoms with E-state index in [2.05, 4.69) is 71.3 Å². The fourth-order valence-corrected chi connectivity index (χ4v) is 5.62. The zero-order valence-electron chi connectivity index (χ0n) is 21.7. The van der Waals surface area contributed by atoms with Crippen LogP contribution in [0, 0.1) is 19.8 Å². The number of aryl methyl sites for hydroxylation is 2. The molecule has 0 bridgehead atoms. The molecule has 3 aromatic heterocycles. The molecule has 4 aromatic rings. The number of nitrogens with one attached hydrogen (secondary N) is 1. The molecule has 0 saturated heterocycles. The van der Waals surface area contributed by atoms with Gasteiger partial charge in [0.05, 0.1) is 12.3 Å². The number of tetrazole rings is 1. The first-order chi connectivity index (χ1) is 17.4. The molecule has 3 heterocycles. The highest BCUT2D eigenvalue weighted by atomic mass is 16.3. The fraction of sp³-hybridized carbons (Fsp3) is 0.500. The molecule has 1 atom stereocenters. The molecule has 1 N–H and O–H groups in total. The summed E-state index contributed by atoms with van der Waals surface area (Å²) in [5.41, 5.74) is 4.05. The standard InChI is InChI=1S/C28H36N6O2/c1-18(2)26(27-30-31-32-34(27)17-24-11-8-12-36-24)33(23-9-6-5-7-10-23)16-22-15-21-13-19(3)20(4)14-25(21)29-28(22)35/h8,11-15,18,23,26H,5-7,9-10,16-17H2,1-4H3,(H,29,35)/t26-/m1/s1. The lowest BCUT2D eigenvalue weighted by molar-refractivity contribution is 0.0610. The van der Waals surface area contributed by atoms with Gasteiger partial charge >= 0.3 is 0 Å². The van der Waals surface area contributed by atoms with Crippen LogP contribution in [0.25, 0.3) is 10.9 Å². The molecule has 0 spiro atoms. The van der Waals surface area contributed by atoms with Gasteiger partial charge in [-0.2, -0.15) is 0 Å². The maximum atomic E-state index is 13.3. The van der Waals surface area contributed by atoms with Crippen molar-refractivity contribution in [3.63, 3.8) is 0 Å². The summed E-state index contributed by atoms with van der Waals surface area (Å²) >= 11 is 0. The molecule has 1 saturated carbocycles. The van der Waals surface area contributed by atoms with Crippen LogP contribution in [-0.2, 0) is 13.1 Å². The lowest BCUT2D eigenvalue weighted by Gasteiger charge is -2.41. The number of H-pyrrole nitrogens is 1. The predicted molar refractivity (Wildman–Crippen MR) is 140 cm³/mol. The third-order valence-corrected chi connectivity index (χ3v) is 7.63. The van der Waals surface area contributed by atoms with Crippen LogP contribution in [0.3, 0.4) is 0 Å². The SMILES string of the molecule is Cc1cc2cc(CN(C3CCCCC3)[C@@H](c3nnnn3Cc3ccco3)C(C)C)c(=O)[nH]c2cc1C. The molecule has 0 unspecified atom stereocenters. The van der Waals surface area contributed by atoms with E-state index in [-0.39, 0.29) is 17.5 Å². The molecule has 0 aliphatic heterocycles. The Morgan fingerprint density at radius 2 is 1.92 bits per heavy atom. The van der Waals surface area contributed by atoms with Crippen LogP contribution in [0.4, 0.5) is 0 Å². The van der Waals surface area contributed by atoms with Gasteiger partial charge in [-0.1, -0.05) is 33.1 Å². The largest absolute Gasteiger partial charge is 0.467 e. The van der Waals surface area contributed by atoms with E-state index in [1.54, 1.807) is 6.26 Å². The van der Waals surface area contributed by atoms with Crippen LogP contribution < -0.4 is 5.56 Å². The van der Waals surface area contributed by atoms with Gasteiger partial charge in [0.25, 0.3) is 5.56 Å². The van der Waals surface area contributed by atoms with Gasteiger partial charge in [0.15, 0.2) is 5.82 Å². The summed E-state index contributed by atoms with van der Waals surface area (Å²) < 4.78 is 7.42. The predicted octanol–water partition coefficient (Wildman–Crippen LogP) is 5.30. The van der Waals surface area contributed by atoms with Crippen LogP contribution in [0.5, 0.6) is 0 Å². The number of hydrogen-bond acceptors (Lipinski definition) is 6. The number of rotatable bonds is 8. The van der Waals surface area contributed by atoms with E-state index in [1.165, 1.54) is 30.4 Å². The van der Waals surface area contributed by atoms with E-state index >= 15 is 0 Å². The van der Waals surface area contributed by atoms with E-state index in [9.17, 15) is 4.79 Å². The Morgan fingerprint density at radius 3 is 2.64 bits per heavy atom. The second kappa shape index (κ2) is 10.4. The van der Waals surface area contributed by atoms with Crippen LogP contribution >= 0.6 is 0 Å². The van der Waals surface area contributed by atoms with Gasteiger partial charge in [-0.05, 0) is 89.9 Å². The minimum absolute atomic E-state index is 0.0238. The summed E-state index contributed by atoms with van der Waals surface area (Å²) in [6.07, 6.45) is 7.58. The fourth-order valence-electron chi connectivity index (χ4n) is 5.62. The third-order valence-electron chi connectivity index (χ3n) is 7.63. The van der Waals surface area contributed by atoms with Crippen molar-refractivity contribution in [2.75, 3.05) is 0 Å². The molecule has 0 radical (unpaired) electrons.